The van der Waals surface area contributed by atoms with Crippen molar-refractivity contribution in [3.05, 3.63) is 36.2 Å². The molecule has 0 bridgehead atoms. The van der Waals surface area contributed by atoms with Crippen LogP contribution in [-0.4, -0.2) is 23.4 Å². The Morgan fingerprint density at radius 1 is 1.44 bits per heavy atom. The number of hydrogen-bond acceptors (Lipinski definition) is 5. The lowest BCUT2D eigenvalue weighted by Gasteiger charge is -2.28. The number of carbonyl (C=O) groups excluding carboxylic acids is 1. The third kappa shape index (κ3) is 1.84. The zero-order valence-electron chi connectivity index (χ0n) is 9.50. The van der Waals surface area contributed by atoms with Crippen molar-refractivity contribution in [1.29, 1.82) is 0 Å². The van der Waals surface area contributed by atoms with Gasteiger partial charge in [-0.1, -0.05) is 5.16 Å². The normalized spacial score (nSPS) is 14.3. The molecule has 0 atom stereocenters. The first-order valence-corrected chi connectivity index (χ1v) is 6.49. The fourth-order valence-corrected chi connectivity index (χ4v) is 2.88. The summed E-state index contributed by atoms with van der Waals surface area (Å²) in [4.78, 5) is 15.0. The Balaban J connectivity index is 2.01. The van der Waals surface area contributed by atoms with Gasteiger partial charge in [-0.3, -0.25) is 4.79 Å². The molecule has 1 aliphatic heterocycles. The first kappa shape index (κ1) is 11.2. The average molecular weight is 261 g/mol. The Kier molecular flexibility index (Phi) is 2.71. The molecule has 0 radical (unpaired) electrons. The number of hydrogen-bond donors (Lipinski definition) is 1. The maximum absolute atomic E-state index is 12.3. The van der Waals surface area contributed by atoms with E-state index in [1.165, 1.54) is 6.26 Å². The molecule has 1 aromatic carbocycles. The summed E-state index contributed by atoms with van der Waals surface area (Å²) in [5, 5.41) is 3.68. The summed E-state index contributed by atoms with van der Waals surface area (Å²) < 4.78 is 4.71. The Morgan fingerprint density at radius 2 is 2.33 bits per heavy atom. The topological polar surface area (TPSA) is 72.4 Å². The van der Waals surface area contributed by atoms with Crippen LogP contribution in [0.1, 0.15) is 10.5 Å². The van der Waals surface area contributed by atoms with Crippen molar-refractivity contribution in [2.75, 3.05) is 22.9 Å². The number of carbonyl (C=O) groups is 1. The molecule has 1 amide bonds. The number of amides is 1. The molecule has 0 aliphatic carbocycles. The summed E-state index contributed by atoms with van der Waals surface area (Å²) in [5.41, 5.74) is 7.59. The van der Waals surface area contributed by atoms with Crippen LogP contribution in [-0.2, 0) is 0 Å². The minimum Gasteiger partial charge on any atom is -0.399 e. The van der Waals surface area contributed by atoms with Crippen LogP contribution in [0.4, 0.5) is 11.4 Å². The molecule has 18 heavy (non-hydrogen) atoms. The van der Waals surface area contributed by atoms with Crippen LogP contribution in [0.2, 0.25) is 0 Å². The number of fused-ring (bicyclic) bond motifs is 1. The Morgan fingerprint density at radius 3 is 3.11 bits per heavy atom. The molecule has 1 aliphatic rings. The summed E-state index contributed by atoms with van der Waals surface area (Å²) in [5.74, 6) is 0.705. The predicted molar refractivity (Wildman–Crippen MR) is 69.8 cm³/mol. The first-order valence-electron chi connectivity index (χ1n) is 5.50. The van der Waals surface area contributed by atoms with Crippen LogP contribution in [0.25, 0.3) is 0 Å². The largest absolute Gasteiger partial charge is 0.399 e. The van der Waals surface area contributed by atoms with Crippen LogP contribution in [0.15, 0.2) is 39.9 Å². The summed E-state index contributed by atoms with van der Waals surface area (Å²) in [6.45, 7) is 0.646. The molecule has 0 unspecified atom stereocenters. The standard InChI is InChI=1S/C12H11N3O2S/c13-8-1-2-11-10(7-8)15(4-6-18-11)12(16)9-3-5-17-14-9/h1-3,5,7H,4,6,13H2. The Labute approximate surface area is 108 Å². The van der Waals surface area contributed by atoms with Gasteiger partial charge in [0.2, 0.25) is 0 Å². The van der Waals surface area contributed by atoms with E-state index in [0.717, 1.165) is 16.3 Å². The molecule has 5 nitrogen and oxygen atoms in total. The van der Waals surface area contributed by atoms with E-state index in [1.54, 1.807) is 22.7 Å². The third-order valence-corrected chi connectivity index (χ3v) is 3.79. The molecule has 2 aromatic rings. The van der Waals surface area contributed by atoms with E-state index in [-0.39, 0.29) is 5.91 Å². The number of nitrogen functional groups attached to an aromatic ring is 1. The minimum absolute atomic E-state index is 0.157. The monoisotopic (exact) mass is 261 g/mol. The Hall–Kier alpha value is -1.95. The predicted octanol–water partition coefficient (Wildman–Crippen LogP) is 2.01. The number of nitrogens with zero attached hydrogens (tertiary/aromatic N) is 2. The van der Waals surface area contributed by atoms with Crippen LogP contribution in [0.5, 0.6) is 0 Å². The van der Waals surface area contributed by atoms with Gasteiger partial charge in [0.1, 0.15) is 6.26 Å². The lowest BCUT2D eigenvalue weighted by atomic mass is 10.2. The van der Waals surface area contributed by atoms with Gasteiger partial charge in [0.05, 0.1) is 5.69 Å². The van der Waals surface area contributed by atoms with Crippen LogP contribution in [0, 0.1) is 0 Å². The van der Waals surface area contributed by atoms with Gasteiger partial charge in [-0.25, -0.2) is 0 Å². The number of thioether (sulfide) groups is 1. The molecule has 2 heterocycles. The van der Waals surface area contributed by atoms with E-state index in [4.69, 9.17) is 10.3 Å². The van der Waals surface area contributed by atoms with Crippen molar-refractivity contribution >= 4 is 29.0 Å². The highest BCUT2D eigenvalue weighted by Crippen LogP contribution is 2.36. The van der Waals surface area contributed by atoms with E-state index < -0.39 is 0 Å². The number of benzene rings is 1. The van der Waals surface area contributed by atoms with Crippen molar-refractivity contribution < 1.29 is 9.32 Å². The van der Waals surface area contributed by atoms with Gasteiger partial charge in [0, 0.05) is 28.9 Å². The molecule has 1 aromatic heterocycles. The number of rotatable bonds is 1. The maximum Gasteiger partial charge on any atom is 0.280 e. The maximum atomic E-state index is 12.3. The molecule has 0 saturated carbocycles. The molecular weight excluding hydrogens is 250 g/mol. The summed E-state index contributed by atoms with van der Waals surface area (Å²) in [7, 11) is 0. The van der Waals surface area contributed by atoms with Crippen LogP contribution < -0.4 is 10.6 Å². The SMILES string of the molecule is Nc1ccc2c(c1)N(C(=O)c1ccon1)CCS2. The second-order valence-corrected chi connectivity index (χ2v) is 5.05. The molecule has 92 valence electrons. The molecule has 6 heteroatoms. The van der Waals surface area contributed by atoms with Gasteiger partial charge >= 0.3 is 0 Å². The van der Waals surface area contributed by atoms with E-state index in [0.29, 0.717) is 17.9 Å². The van der Waals surface area contributed by atoms with E-state index in [9.17, 15) is 4.79 Å². The van der Waals surface area contributed by atoms with Gasteiger partial charge in [0.25, 0.3) is 5.91 Å². The van der Waals surface area contributed by atoms with E-state index in [1.807, 2.05) is 18.2 Å². The third-order valence-electron chi connectivity index (χ3n) is 2.75. The second kappa shape index (κ2) is 4.38. The number of nitrogens with two attached hydrogens (primary N) is 1. The number of anilines is 2. The van der Waals surface area contributed by atoms with Gasteiger partial charge < -0.3 is 15.2 Å². The van der Waals surface area contributed by atoms with Crippen molar-refractivity contribution in [3.8, 4) is 0 Å². The van der Waals surface area contributed by atoms with Gasteiger partial charge in [-0.15, -0.1) is 11.8 Å². The van der Waals surface area contributed by atoms with Crippen molar-refractivity contribution in [3.63, 3.8) is 0 Å². The molecule has 2 N–H and O–H groups in total. The fourth-order valence-electron chi connectivity index (χ4n) is 1.91. The lowest BCUT2D eigenvalue weighted by Crippen LogP contribution is -2.35. The number of aromatic nitrogens is 1. The molecule has 0 spiro atoms. The highest BCUT2D eigenvalue weighted by Gasteiger charge is 2.25. The smallest absolute Gasteiger partial charge is 0.280 e. The zero-order chi connectivity index (χ0) is 12.5. The van der Waals surface area contributed by atoms with Gasteiger partial charge in [0.15, 0.2) is 5.69 Å². The van der Waals surface area contributed by atoms with Crippen molar-refractivity contribution in [2.45, 2.75) is 4.90 Å². The van der Waals surface area contributed by atoms with E-state index in [2.05, 4.69) is 5.16 Å². The fraction of sp³-hybridized carbons (Fsp3) is 0.167. The lowest BCUT2D eigenvalue weighted by molar-refractivity contribution is 0.0979. The van der Waals surface area contributed by atoms with Crippen LogP contribution in [0.3, 0.4) is 0 Å². The Bertz CT molecular complexity index is 583. The van der Waals surface area contributed by atoms with Gasteiger partial charge in [-0.05, 0) is 18.2 Å². The molecule has 3 rings (SSSR count). The quantitative estimate of drug-likeness (QED) is 0.795. The van der Waals surface area contributed by atoms with E-state index >= 15 is 0 Å². The molecule has 0 fully saturated rings. The summed E-state index contributed by atoms with van der Waals surface area (Å²) in [6, 6.07) is 7.17. The average Bonchev–Trinajstić information content (AvgIpc) is 2.91. The highest BCUT2D eigenvalue weighted by atomic mass is 32.2. The zero-order valence-corrected chi connectivity index (χ0v) is 10.3. The minimum atomic E-state index is -0.157. The van der Waals surface area contributed by atoms with Crippen LogP contribution >= 0.6 is 11.8 Å². The van der Waals surface area contributed by atoms with Crippen molar-refractivity contribution in [2.24, 2.45) is 0 Å². The van der Waals surface area contributed by atoms with Gasteiger partial charge in [-0.2, -0.15) is 0 Å². The highest BCUT2D eigenvalue weighted by molar-refractivity contribution is 7.99. The first-order chi connectivity index (χ1) is 8.75. The molecule has 0 saturated heterocycles. The molecular formula is C12H11N3O2S. The summed E-state index contributed by atoms with van der Waals surface area (Å²) in [6.07, 6.45) is 1.40. The van der Waals surface area contributed by atoms with Crippen molar-refractivity contribution in [1.82, 2.24) is 5.16 Å². The summed E-state index contributed by atoms with van der Waals surface area (Å²) >= 11 is 1.72. The second-order valence-electron chi connectivity index (χ2n) is 3.92.